The number of ether oxygens (including phenoxy) is 1. The largest absolute Gasteiger partial charge is 1.00 e. The van der Waals surface area contributed by atoms with Crippen molar-refractivity contribution in [1.29, 1.82) is 0 Å². The number of amides is 2. The van der Waals surface area contributed by atoms with E-state index in [0.29, 0.717) is 6.42 Å². The fourth-order valence-corrected chi connectivity index (χ4v) is 4.02. The van der Waals surface area contributed by atoms with Crippen molar-refractivity contribution in [1.82, 2.24) is 5.32 Å². The average molecular weight is 693 g/mol. The molecule has 0 aromatic rings. The third-order valence-electron chi connectivity index (χ3n) is 6.22. The first kappa shape index (κ1) is 68.0. The number of carbonyl (C=O) groups is 2. The zero-order valence-electron chi connectivity index (χ0n) is 32.6. The van der Waals surface area contributed by atoms with Crippen molar-refractivity contribution in [3.8, 4) is 0 Å². The molecule has 9 heteroatoms. The van der Waals surface area contributed by atoms with Crippen LogP contribution < -0.4 is 40.0 Å². The van der Waals surface area contributed by atoms with Crippen LogP contribution in [0.5, 0.6) is 0 Å². The summed E-state index contributed by atoms with van der Waals surface area (Å²) in [6.07, 6.45) is 15.4. The number of amidine groups is 1. The number of nitrogens with one attached hydrogen (secondary N) is 1. The molecule has 2 unspecified atom stereocenters. The van der Waals surface area contributed by atoms with Gasteiger partial charge in [-0.25, -0.2) is 4.99 Å². The van der Waals surface area contributed by atoms with E-state index in [2.05, 4.69) is 103 Å². The van der Waals surface area contributed by atoms with Crippen molar-refractivity contribution in [3.63, 3.8) is 0 Å². The van der Waals surface area contributed by atoms with E-state index < -0.39 is 23.3 Å². The van der Waals surface area contributed by atoms with Crippen molar-refractivity contribution in [2.24, 2.45) is 16.3 Å². The molecule has 0 aromatic heterocycles. The van der Waals surface area contributed by atoms with Crippen LogP contribution in [0.15, 0.2) is 83.9 Å². The second-order valence-electron chi connectivity index (χ2n) is 9.08. The molecule has 280 valence electrons. The Morgan fingerprint density at radius 1 is 0.688 bits per heavy atom. The maximum atomic E-state index is 11.9. The number of aliphatic hydroxyl groups excluding tert-OH is 2. The Hall–Kier alpha value is -2.07. The topological polar surface area (TPSA) is 131 Å². The van der Waals surface area contributed by atoms with Gasteiger partial charge in [-0.15, -0.1) is 78.9 Å². The van der Waals surface area contributed by atoms with Crippen LogP contribution in [0.25, 0.3) is 0 Å². The van der Waals surface area contributed by atoms with Crippen molar-refractivity contribution in [2.45, 2.75) is 118 Å². The van der Waals surface area contributed by atoms with E-state index in [-0.39, 0.29) is 48.7 Å². The first-order valence-corrected chi connectivity index (χ1v) is 16.7. The average Bonchev–Trinajstić information content (AvgIpc) is 3.13. The Morgan fingerprint density at radius 3 is 1.31 bits per heavy atom. The third kappa shape index (κ3) is 43.9. The number of aliphatic imine (C=N–C) groups is 1. The molecule has 0 bridgehead atoms. The molecule has 1 aliphatic rings. The molecule has 2 atom stereocenters. The number of aliphatic hydroxyl groups is 2. The molecule has 2 amide bonds. The summed E-state index contributed by atoms with van der Waals surface area (Å²) < 4.78 is 5.59. The van der Waals surface area contributed by atoms with E-state index in [4.69, 9.17) is 14.9 Å². The van der Waals surface area contributed by atoms with Gasteiger partial charge in [0.15, 0.2) is 0 Å². The van der Waals surface area contributed by atoms with Crippen LogP contribution in [-0.4, -0.2) is 54.5 Å². The third-order valence-corrected chi connectivity index (χ3v) is 6.22. The van der Waals surface area contributed by atoms with E-state index in [0.717, 1.165) is 26.1 Å². The maximum Gasteiger partial charge on any atom is 1.00 e. The van der Waals surface area contributed by atoms with Gasteiger partial charge < -0.3 is 25.4 Å². The van der Waals surface area contributed by atoms with Gasteiger partial charge in [0.05, 0.1) is 19.2 Å². The minimum atomic E-state index is -1.15. The normalized spacial score (nSPS) is 13.6. The van der Waals surface area contributed by atoms with Crippen molar-refractivity contribution < 1.29 is 59.2 Å². The molecule has 0 radical (unpaired) electrons. The Balaban J connectivity index is -0.0000000626. The van der Waals surface area contributed by atoms with Crippen molar-refractivity contribution >= 4 is 17.8 Å². The van der Waals surface area contributed by atoms with Crippen LogP contribution in [0.4, 0.5) is 0 Å². The van der Waals surface area contributed by atoms with E-state index in [9.17, 15) is 14.7 Å². The number of hydrogen-bond acceptors (Lipinski definition) is 6. The first-order valence-electron chi connectivity index (χ1n) is 16.7. The minimum absolute atomic E-state index is 0. The minimum Gasteiger partial charge on any atom is -0.846 e. The van der Waals surface area contributed by atoms with E-state index in [1.807, 2.05) is 13.8 Å². The fraction of sp³-hybridized carbons (Fsp3) is 0.615. The molecular formula is C39H77N2NaO6. The SMILES string of the molecule is C=C.C=C.C=C.C=C.C=C.C=C.CCCC(C)C1(CC)C(=O)N=C([O-])NC1=O.CCCCCCCOCCCCCCC.OCCO.[Na+]. The fourth-order valence-electron chi connectivity index (χ4n) is 4.02. The predicted molar refractivity (Wildman–Crippen MR) is 207 cm³/mol. The van der Waals surface area contributed by atoms with Gasteiger partial charge in [0.25, 0.3) is 5.91 Å². The summed E-state index contributed by atoms with van der Waals surface area (Å²) in [6.45, 7) is 47.9. The number of carbonyl (C=O) groups excluding carboxylic acids is 2. The van der Waals surface area contributed by atoms with Gasteiger partial charge in [0, 0.05) is 13.2 Å². The molecule has 8 nitrogen and oxygen atoms in total. The zero-order chi connectivity index (χ0) is 39.0. The quantitative estimate of drug-likeness (QED) is 0.0751. The van der Waals surface area contributed by atoms with Gasteiger partial charge in [-0.3, -0.25) is 9.59 Å². The monoisotopic (exact) mass is 693 g/mol. The number of hydrogen-bond donors (Lipinski definition) is 3. The summed E-state index contributed by atoms with van der Waals surface area (Å²) >= 11 is 0. The maximum absolute atomic E-state index is 11.9. The summed E-state index contributed by atoms with van der Waals surface area (Å²) in [6, 6.07) is -0.845. The molecule has 0 saturated carbocycles. The summed E-state index contributed by atoms with van der Waals surface area (Å²) in [5.74, 6) is -1.20. The molecule has 0 aliphatic carbocycles. The van der Waals surface area contributed by atoms with Crippen LogP contribution in [0.1, 0.15) is 118 Å². The number of nitrogens with zero attached hydrogens (tertiary/aromatic N) is 1. The van der Waals surface area contributed by atoms with Crippen LogP contribution in [-0.2, 0) is 14.3 Å². The summed E-state index contributed by atoms with van der Waals surface area (Å²) in [5, 5.41) is 28.3. The van der Waals surface area contributed by atoms with Gasteiger partial charge in [0.1, 0.15) is 5.41 Å². The second kappa shape index (κ2) is 67.2. The standard InChI is InChI=1S/C14H30O.C11H18N2O3.C2H6O2.6C2H4.Na/c1-3-5-7-9-11-13-15-14-12-10-8-6-4-2;1-4-6-7(3)11(5-2)8(14)12-10(16)13-9(11)15;3-1-2-4;6*1-2;/h3-14H2,1-2H3;7H,4-6H2,1-3H3,(H2,12,13,14,15,16);3-4H,1-2H2;6*1-2H2;/q;;;;;;;;;+1/p-1. The van der Waals surface area contributed by atoms with Gasteiger partial charge in [-0.1, -0.05) is 92.4 Å². The summed E-state index contributed by atoms with van der Waals surface area (Å²) in [4.78, 5) is 27.1. The van der Waals surface area contributed by atoms with Crippen LogP contribution in [0, 0.1) is 11.3 Å². The van der Waals surface area contributed by atoms with Crippen molar-refractivity contribution in [2.75, 3.05) is 26.4 Å². The van der Waals surface area contributed by atoms with E-state index >= 15 is 0 Å². The predicted octanol–water partition coefficient (Wildman–Crippen LogP) is 5.92. The van der Waals surface area contributed by atoms with Crippen LogP contribution >= 0.6 is 0 Å². The first-order chi connectivity index (χ1) is 22.8. The Bertz CT molecular complexity index is 622. The molecule has 1 rings (SSSR count). The molecule has 0 aromatic carbocycles. The van der Waals surface area contributed by atoms with Gasteiger partial charge in [-0.05, 0) is 31.6 Å². The van der Waals surface area contributed by atoms with Gasteiger partial charge >= 0.3 is 29.6 Å². The Kier molecular flexibility index (Phi) is 95.1. The summed E-state index contributed by atoms with van der Waals surface area (Å²) in [5.41, 5.74) is -1.15. The summed E-state index contributed by atoms with van der Waals surface area (Å²) in [7, 11) is 0. The molecule has 0 saturated heterocycles. The number of rotatable bonds is 17. The van der Waals surface area contributed by atoms with E-state index in [1.54, 1.807) is 6.92 Å². The van der Waals surface area contributed by atoms with E-state index in [1.165, 1.54) is 64.2 Å². The Labute approximate surface area is 320 Å². The van der Waals surface area contributed by atoms with Crippen molar-refractivity contribution in [3.05, 3.63) is 78.9 Å². The molecular weight excluding hydrogens is 615 g/mol. The molecule has 48 heavy (non-hydrogen) atoms. The van der Waals surface area contributed by atoms with Gasteiger partial charge in [0.2, 0.25) is 5.91 Å². The van der Waals surface area contributed by atoms with Crippen LogP contribution in [0.2, 0.25) is 0 Å². The van der Waals surface area contributed by atoms with Gasteiger partial charge in [-0.2, -0.15) is 0 Å². The number of unbranched alkanes of at least 4 members (excludes halogenated alkanes) is 8. The molecule has 0 spiro atoms. The molecule has 1 aliphatic heterocycles. The molecule has 3 N–H and O–H groups in total. The van der Waals surface area contributed by atoms with Crippen LogP contribution in [0.3, 0.4) is 0 Å². The zero-order valence-corrected chi connectivity index (χ0v) is 34.6. The molecule has 0 fully saturated rings. The smallest absolute Gasteiger partial charge is 0.846 e. The Morgan fingerprint density at radius 2 is 1.04 bits per heavy atom. The molecule has 1 heterocycles. The second-order valence-corrected chi connectivity index (χ2v) is 9.08.